The predicted molar refractivity (Wildman–Crippen MR) is 103 cm³/mol. The highest BCUT2D eigenvalue weighted by Crippen LogP contribution is 2.35. The van der Waals surface area contributed by atoms with Gasteiger partial charge < -0.3 is 10.0 Å². The number of benzene rings is 1. The number of hydrogen-bond donors (Lipinski definition) is 1. The van der Waals surface area contributed by atoms with Crippen molar-refractivity contribution in [2.75, 3.05) is 18.0 Å². The third-order valence-electron chi connectivity index (χ3n) is 5.35. The molecular formula is C20H23F3N4O3. The summed E-state index contributed by atoms with van der Waals surface area (Å²) in [6.45, 7) is 2.10. The molecule has 2 aromatic rings. The molecule has 10 heteroatoms. The summed E-state index contributed by atoms with van der Waals surface area (Å²) in [6.07, 6.45) is 1.39. The summed E-state index contributed by atoms with van der Waals surface area (Å²) in [5.74, 6) is -2.52. The van der Waals surface area contributed by atoms with Crippen LogP contribution >= 0.6 is 0 Å². The summed E-state index contributed by atoms with van der Waals surface area (Å²) >= 11 is 0. The van der Waals surface area contributed by atoms with E-state index >= 15 is 0 Å². The number of carbonyl (C=O) groups excluding carboxylic acids is 1. The molecule has 2 fully saturated rings. The lowest BCUT2D eigenvalue weighted by Crippen LogP contribution is -2.37. The van der Waals surface area contributed by atoms with Crippen molar-refractivity contribution in [1.82, 2.24) is 14.7 Å². The molecule has 30 heavy (non-hydrogen) atoms. The molecule has 3 heterocycles. The van der Waals surface area contributed by atoms with Crippen LogP contribution in [0.5, 0.6) is 0 Å². The standard InChI is InChI=1S/C18H22N4O.C2HF3O2/c1-20-13-15(12-19-20)22-16-8-10-21(17(16)11-18(22)23)9-7-14-5-3-2-4-6-14;3-2(4,5)1(6)7/h2-6,12-13,16-17H,7-11H2,1H3;(H,6,7)/t16-,17+;/m1./s1. The number of carboxylic acids is 1. The number of carbonyl (C=O) groups is 2. The van der Waals surface area contributed by atoms with E-state index in [1.54, 1.807) is 10.9 Å². The van der Waals surface area contributed by atoms with E-state index < -0.39 is 12.1 Å². The van der Waals surface area contributed by atoms with Gasteiger partial charge in [-0.2, -0.15) is 18.3 Å². The number of aliphatic carboxylic acids is 1. The lowest BCUT2D eigenvalue weighted by Gasteiger charge is -2.24. The molecule has 4 rings (SSSR count). The number of halogens is 3. The molecule has 1 N–H and O–H groups in total. The van der Waals surface area contributed by atoms with Gasteiger partial charge in [0.15, 0.2) is 0 Å². The number of hydrogen-bond acceptors (Lipinski definition) is 4. The molecule has 0 saturated carbocycles. The number of fused-ring (bicyclic) bond motifs is 1. The van der Waals surface area contributed by atoms with Crippen molar-refractivity contribution in [3.05, 3.63) is 48.3 Å². The molecule has 0 unspecified atom stereocenters. The van der Waals surface area contributed by atoms with Crippen LogP contribution in [0, 0.1) is 0 Å². The molecule has 2 aliphatic heterocycles. The Hall–Kier alpha value is -2.88. The maximum atomic E-state index is 12.5. The molecule has 7 nitrogen and oxygen atoms in total. The van der Waals surface area contributed by atoms with Gasteiger partial charge in [-0.25, -0.2) is 4.79 Å². The second kappa shape index (κ2) is 8.86. The number of alkyl halides is 3. The van der Waals surface area contributed by atoms with Crippen molar-refractivity contribution in [2.45, 2.75) is 37.5 Å². The van der Waals surface area contributed by atoms with Crippen LogP contribution in [0.1, 0.15) is 18.4 Å². The van der Waals surface area contributed by atoms with E-state index in [9.17, 15) is 18.0 Å². The monoisotopic (exact) mass is 424 g/mol. The third-order valence-corrected chi connectivity index (χ3v) is 5.35. The maximum absolute atomic E-state index is 12.5. The topological polar surface area (TPSA) is 78.7 Å². The first kappa shape index (κ1) is 21.8. The Labute approximate surface area is 171 Å². The lowest BCUT2D eigenvalue weighted by molar-refractivity contribution is -0.192. The number of anilines is 1. The number of amides is 1. The minimum absolute atomic E-state index is 0.234. The molecule has 2 aliphatic rings. The van der Waals surface area contributed by atoms with Crippen molar-refractivity contribution in [1.29, 1.82) is 0 Å². The van der Waals surface area contributed by atoms with E-state index in [1.807, 2.05) is 18.1 Å². The van der Waals surface area contributed by atoms with Crippen LogP contribution in [0.25, 0.3) is 0 Å². The van der Waals surface area contributed by atoms with Crippen molar-refractivity contribution >= 4 is 17.6 Å². The molecule has 1 aromatic carbocycles. The summed E-state index contributed by atoms with van der Waals surface area (Å²) in [7, 11) is 1.89. The number of aromatic nitrogens is 2. The third kappa shape index (κ3) is 4.99. The van der Waals surface area contributed by atoms with Crippen LogP contribution in [-0.2, 0) is 23.1 Å². The van der Waals surface area contributed by atoms with Gasteiger partial charge in [0, 0.05) is 38.8 Å². The maximum Gasteiger partial charge on any atom is 0.490 e. The Kier molecular flexibility index (Phi) is 6.45. The van der Waals surface area contributed by atoms with Crippen molar-refractivity contribution in [3.8, 4) is 0 Å². The molecule has 0 aliphatic carbocycles. The fourth-order valence-electron chi connectivity index (χ4n) is 3.99. The Balaban J connectivity index is 0.000000318. The van der Waals surface area contributed by atoms with Gasteiger partial charge in [-0.3, -0.25) is 14.4 Å². The average Bonchev–Trinajstić information content (AvgIpc) is 3.36. The van der Waals surface area contributed by atoms with E-state index in [0.717, 1.165) is 31.6 Å². The molecule has 1 aromatic heterocycles. The molecule has 0 bridgehead atoms. The molecule has 2 saturated heterocycles. The second-order valence-electron chi connectivity index (χ2n) is 7.34. The van der Waals surface area contributed by atoms with Crippen molar-refractivity contribution in [2.24, 2.45) is 7.05 Å². The van der Waals surface area contributed by atoms with Gasteiger partial charge in [-0.05, 0) is 18.4 Å². The van der Waals surface area contributed by atoms with Crippen LogP contribution in [-0.4, -0.2) is 63.0 Å². The minimum atomic E-state index is -5.08. The average molecular weight is 424 g/mol. The second-order valence-corrected chi connectivity index (χ2v) is 7.34. The van der Waals surface area contributed by atoms with Crippen LogP contribution in [0.15, 0.2) is 42.7 Å². The van der Waals surface area contributed by atoms with Gasteiger partial charge in [0.1, 0.15) is 0 Å². The quantitative estimate of drug-likeness (QED) is 0.816. The summed E-state index contributed by atoms with van der Waals surface area (Å²) in [6, 6.07) is 11.2. The number of nitrogens with zero attached hydrogens (tertiary/aromatic N) is 4. The molecule has 0 radical (unpaired) electrons. The molecule has 0 spiro atoms. The zero-order valence-corrected chi connectivity index (χ0v) is 16.4. The van der Waals surface area contributed by atoms with Gasteiger partial charge >= 0.3 is 12.1 Å². The fourth-order valence-corrected chi connectivity index (χ4v) is 3.99. The highest BCUT2D eigenvalue weighted by Gasteiger charge is 2.47. The number of rotatable bonds is 4. The summed E-state index contributed by atoms with van der Waals surface area (Å²) in [5, 5.41) is 11.3. The van der Waals surface area contributed by atoms with Crippen LogP contribution < -0.4 is 4.90 Å². The number of likely N-dealkylation sites (tertiary alicyclic amines) is 1. The van der Waals surface area contributed by atoms with Crippen molar-refractivity contribution < 1.29 is 27.9 Å². The number of aryl methyl sites for hydroxylation is 1. The smallest absolute Gasteiger partial charge is 0.475 e. The SMILES string of the molecule is Cn1cc(N2C(=O)C[C@H]3[C@H]2CCN3CCc2ccccc2)cn1.O=C(O)C(F)(F)F. The summed E-state index contributed by atoms with van der Waals surface area (Å²) in [4.78, 5) is 25.8. The highest BCUT2D eigenvalue weighted by molar-refractivity contribution is 5.97. The van der Waals surface area contributed by atoms with Crippen LogP contribution in [0.2, 0.25) is 0 Å². The van der Waals surface area contributed by atoms with Crippen LogP contribution in [0.4, 0.5) is 18.9 Å². The van der Waals surface area contributed by atoms with E-state index in [4.69, 9.17) is 9.90 Å². The van der Waals surface area contributed by atoms with Gasteiger partial charge in [0.25, 0.3) is 0 Å². The van der Waals surface area contributed by atoms with Gasteiger partial charge in [0.05, 0.1) is 17.9 Å². The fraction of sp³-hybridized carbons (Fsp3) is 0.450. The molecule has 162 valence electrons. The predicted octanol–water partition coefficient (Wildman–Crippen LogP) is 2.48. The lowest BCUT2D eigenvalue weighted by atomic mass is 10.1. The Morgan fingerprint density at radius 1 is 1.23 bits per heavy atom. The van der Waals surface area contributed by atoms with E-state index in [2.05, 4.69) is 40.3 Å². The Morgan fingerprint density at radius 3 is 2.47 bits per heavy atom. The van der Waals surface area contributed by atoms with Crippen molar-refractivity contribution in [3.63, 3.8) is 0 Å². The van der Waals surface area contributed by atoms with E-state index in [1.165, 1.54) is 5.56 Å². The minimum Gasteiger partial charge on any atom is -0.475 e. The Bertz CT molecular complexity index is 885. The molecule has 1 amide bonds. The van der Waals surface area contributed by atoms with Crippen LogP contribution in [0.3, 0.4) is 0 Å². The summed E-state index contributed by atoms with van der Waals surface area (Å²) in [5.41, 5.74) is 2.30. The van der Waals surface area contributed by atoms with Gasteiger partial charge in [-0.1, -0.05) is 30.3 Å². The normalized spacial score (nSPS) is 21.3. The largest absolute Gasteiger partial charge is 0.490 e. The first-order valence-electron chi connectivity index (χ1n) is 9.55. The first-order valence-corrected chi connectivity index (χ1v) is 9.55. The van der Waals surface area contributed by atoms with E-state index in [-0.39, 0.29) is 5.91 Å². The summed E-state index contributed by atoms with van der Waals surface area (Å²) < 4.78 is 33.5. The highest BCUT2D eigenvalue weighted by atomic mass is 19.4. The van der Waals surface area contributed by atoms with E-state index in [0.29, 0.717) is 18.5 Å². The zero-order valence-electron chi connectivity index (χ0n) is 16.4. The van der Waals surface area contributed by atoms with Gasteiger partial charge in [0.2, 0.25) is 5.91 Å². The molecular weight excluding hydrogens is 401 g/mol. The zero-order chi connectivity index (χ0) is 21.9. The molecule has 2 atom stereocenters. The first-order chi connectivity index (χ1) is 14.2. The Morgan fingerprint density at radius 2 is 1.90 bits per heavy atom. The number of carboxylic acid groups (broad SMARTS) is 1. The van der Waals surface area contributed by atoms with Gasteiger partial charge in [-0.15, -0.1) is 0 Å².